The lowest BCUT2D eigenvalue weighted by atomic mass is 10.1. The van der Waals surface area contributed by atoms with Gasteiger partial charge in [-0.3, -0.25) is 0 Å². The van der Waals surface area contributed by atoms with Crippen LogP contribution >= 0.6 is 15.9 Å². The normalized spacial score (nSPS) is 14.7. The van der Waals surface area contributed by atoms with E-state index in [1.165, 1.54) is 0 Å². The maximum absolute atomic E-state index is 5.92. The molecule has 0 aliphatic carbocycles. The summed E-state index contributed by atoms with van der Waals surface area (Å²) in [5.41, 5.74) is 7.04. The van der Waals surface area contributed by atoms with Crippen molar-refractivity contribution in [3.63, 3.8) is 0 Å². The molecule has 0 radical (unpaired) electrons. The van der Waals surface area contributed by atoms with Gasteiger partial charge in [0.1, 0.15) is 0 Å². The Bertz CT molecular complexity index is 466. The monoisotopic (exact) mass is 357 g/mol. The number of nitrogens with zero attached hydrogens (tertiary/aromatic N) is 1. The average Bonchev–Trinajstić information content (AvgIpc) is 2.96. The molecule has 0 bridgehead atoms. The minimum absolute atomic E-state index is 0.117. The van der Waals surface area contributed by atoms with Crippen molar-refractivity contribution in [2.24, 2.45) is 5.73 Å². The number of halogens is 1. The molecule has 1 aromatic carbocycles. The van der Waals surface area contributed by atoms with Crippen LogP contribution in [0.1, 0.15) is 25.5 Å². The maximum Gasteiger partial charge on any atom is 0.231 e. The highest BCUT2D eigenvalue weighted by Gasteiger charge is 2.20. The Morgan fingerprint density at radius 2 is 2.10 bits per heavy atom. The van der Waals surface area contributed by atoms with Crippen LogP contribution in [-0.2, 0) is 0 Å². The first-order valence-electron chi connectivity index (χ1n) is 7.44. The van der Waals surface area contributed by atoms with Gasteiger partial charge in [-0.15, -0.1) is 0 Å². The van der Waals surface area contributed by atoms with Crippen LogP contribution in [0, 0.1) is 0 Å². The minimum Gasteiger partial charge on any atom is -0.454 e. The van der Waals surface area contributed by atoms with Gasteiger partial charge in [-0.05, 0) is 46.7 Å². The second-order valence-electron chi connectivity index (χ2n) is 5.01. The van der Waals surface area contributed by atoms with Crippen LogP contribution in [0.25, 0.3) is 0 Å². The predicted octanol–water partition coefficient (Wildman–Crippen LogP) is 2.11. The summed E-state index contributed by atoms with van der Waals surface area (Å²) >= 11 is 3.53. The van der Waals surface area contributed by atoms with Crippen LogP contribution in [-0.4, -0.2) is 44.4 Å². The number of hydrogen-bond acceptors (Lipinski definition) is 5. The van der Waals surface area contributed by atoms with Gasteiger partial charge in [-0.2, -0.15) is 0 Å². The summed E-state index contributed by atoms with van der Waals surface area (Å²) in [4.78, 5) is 2.39. The van der Waals surface area contributed by atoms with E-state index in [1.54, 1.807) is 0 Å². The van der Waals surface area contributed by atoms with Crippen molar-refractivity contribution in [3.05, 3.63) is 22.2 Å². The van der Waals surface area contributed by atoms with Crippen molar-refractivity contribution in [1.29, 1.82) is 0 Å². The van der Waals surface area contributed by atoms with E-state index in [4.69, 9.17) is 15.2 Å². The molecule has 0 saturated heterocycles. The fourth-order valence-corrected chi connectivity index (χ4v) is 3.04. The topological polar surface area (TPSA) is 59.8 Å². The highest BCUT2D eigenvalue weighted by atomic mass is 79.9. The van der Waals surface area contributed by atoms with E-state index in [9.17, 15) is 0 Å². The average molecular weight is 358 g/mol. The first-order valence-corrected chi connectivity index (χ1v) is 8.23. The zero-order valence-electron chi connectivity index (χ0n) is 12.7. The molecule has 0 fully saturated rings. The van der Waals surface area contributed by atoms with Gasteiger partial charge in [0.25, 0.3) is 0 Å². The summed E-state index contributed by atoms with van der Waals surface area (Å²) in [5, 5.41) is 3.52. The summed E-state index contributed by atoms with van der Waals surface area (Å²) < 4.78 is 11.8. The molecule has 118 valence electrons. The Kier molecular flexibility index (Phi) is 6.29. The second kappa shape index (κ2) is 7.98. The third-order valence-electron chi connectivity index (χ3n) is 3.80. The summed E-state index contributed by atoms with van der Waals surface area (Å²) in [6, 6.07) is 4.18. The van der Waals surface area contributed by atoms with Crippen LogP contribution in [0.15, 0.2) is 16.6 Å². The molecule has 1 aliphatic heterocycles. The van der Waals surface area contributed by atoms with Crippen LogP contribution in [0.3, 0.4) is 0 Å². The minimum atomic E-state index is 0.117. The first-order chi connectivity index (χ1) is 10.2. The zero-order chi connectivity index (χ0) is 15.2. The smallest absolute Gasteiger partial charge is 0.231 e. The number of benzene rings is 1. The molecule has 5 nitrogen and oxygen atoms in total. The molecule has 0 aromatic heterocycles. The molecule has 1 atom stereocenters. The van der Waals surface area contributed by atoms with Gasteiger partial charge in [0, 0.05) is 25.7 Å². The fraction of sp³-hybridized carbons (Fsp3) is 0.600. The molecule has 1 heterocycles. The largest absolute Gasteiger partial charge is 0.454 e. The maximum atomic E-state index is 5.92. The highest BCUT2D eigenvalue weighted by Crippen LogP contribution is 2.41. The second-order valence-corrected chi connectivity index (χ2v) is 5.86. The Morgan fingerprint density at radius 3 is 2.76 bits per heavy atom. The SMILES string of the molecule is CCN(CC)CCNC(CN)c1cc(Br)c2c(c1)OCO2. The van der Waals surface area contributed by atoms with Gasteiger partial charge in [0.2, 0.25) is 6.79 Å². The molecule has 3 N–H and O–H groups in total. The Balaban J connectivity index is 1.99. The first kappa shape index (κ1) is 16.5. The number of nitrogens with two attached hydrogens (primary N) is 1. The van der Waals surface area contributed by atoms with Crippen LogP contribution in [0.5, 0.6) is 11.5 Å². The van der Waals surface area contributed by atoms with E-state index in [0.717, 1.165) is 47.7 Å². The molecule has 2 rings (SSSR count). The van der Waals surface area contributed by atoms with Crippen molar-refractivity contribution in [2.45, 2.75) is 19.9 Å². The number of hydrogen-bond donors (Lipinski definition) is 2. The van der Waals surface area contributed by atoms with Gasteiger partial charge in [0.15, 0.2) is 11.5 Å². The van der Waals surface area contributed by atoms with Crippen molar-refractivity contribution in [3.8, 4) is 11.5 Å². The van der Waals surface area contributed by atoms with Gasteiger partial charge >= 0.3 is 0 Å². The lowest BCUT2D eigenvalue weighted by Gasteiger charge is -2.22. The molecular weight excluding hydrogens is 334 g/mol. The zero-order valence-corrected chi connectivity index (χ0v) is 14.3. The molecule has 0 spiro atoms. The standard InChI is InChI=1S/C15H24BrN3O2/c1-3-19(4-2)6-5-18-13(9-17)11-7-12(16)15-14(8-11)20-10-21-15/h7-8,13,18H,3-6,9-10,17H2,1-2H3. The van der Waals surface area contributed by atoms with Crippen molar-refractivity contribution >= 4 is 15.9 Å². The summed E-state index contributed by atoms with van der Waals surface area (Å²) in [6.07, 6.45) is 0. The Hall–Kier alpha value is -0.820. The summed E-state index contributed by atoms with van der Waals surface area (Å²) in [5.74, 6) is 1.56. The quantitative estimate of drug-likeness (QED) is 0.746. The summed E-state index contributed by atoms with van der Waals surface area (Å²) in [6.45, 7) is 9.26. The van der Waals surface area contributed by atoms with Crippen LogP contribution in [0.2, 0.25) is 0 Å². The Morgan fingerprint density at radius 1 is 1.33 bits per heavy atom. The van der Waals surface area contributed by atoms with E-state index in [0.29, 0.717) is 6.54 Å². The third-order valence-corrected chi connectivity index (χ3v) is 4.39. The molecule has 1 aliphatic rings. The number of fused-ring (bicyclic) bond motifs is 1. The fourth-order valence-electron chi connectivity index (χ4n) is 2.46. The third kappa shape index (κ3) is 4.10. The van der Waals surface area contributed by atoms with Gasteiger partial charge in [0.05, 0.1) is 4.47 Å². The molecule has 0 amide bonds. The lowest BCUT2D eigenvalue weighted by molar-refractivity contribution is 0.173. The molecule has 1 unspecified atom stereocenters. The van der Waals surface area contributed by atoms with Gasteiger partial charge in [-0.1, -0.05) is 13.8 Å². The van der Waals surface area contributed by atoms with Crippen molar-refractivity contribution < 1.29 is 9.47 Å². The van der Waals surface area contributed by atoms with E-state index >= 15 is 0 Å². The lowest BCUT2D eigenvalue weighted by Crippen LogP contribution is -2.36. The van der Waals surface area contributed by atoms with Gasteiger partial charge in [-0.25, -0.2) is 0 Å². The number of nitrogens with one attached hydrogen (secondary N) is 1. The van der Waals surface area contributed by atoms with Crippen molar-refractivity contribution in [2.75, 3.05) is 39.5 Å². The van der Waals surface area contributed by atoms with Gasteiger partial charge < -0.3 is 25.4 Å². The van der Waals surface area contributed by atoms with E-state index in [1.807, 2.05) is 6.07 Å². The van der Waals surface area contributed by atoms with E-state index in [-0.39, 0.29) is 12.8 Å². The highest BCUT2D eigenvalue weighted by molar-refractivity contribution is 9.10. The van der Waals surface area contributed by atoms with Crippen molar-refractivity contribution in [1.82, 2.24) is 10.2 Å². The van der Waals surface area contributed by atoms with Crippen LogP contribution in [0.4, 0.5) is 0 Å². The number of rotatable bonds is 8. The molecule has 21 heavy (non-hydrogen) atoms. The molecular formula is C15H24BrN3O2. The molecule has 1 aromatic rings. The molecule has 0 saturated carbocycles. The Labute approximate surface area is 134 Å². The molecule has 6 heteroatoms. The summed E-state index contributed by atoms with van der Waals surface area (Å²) in [7, 11) is 0. The number of ether oxygens (including phenoxy) is 2. The van der Waals surface area contributed by atoms with E-state index < -0.39 is 0 Å². The number of likely N-dealkylation sites (N-methyl/N-ethyl adjacent to an activating group) is 1. The van der Waals surface area contributed by atoms with Crippen LogP contribution < -0.4 is 20.5 Å². The predicted molar refractivity (Wildman–Crippen MR) is 87.9 cm³/mol. The van der Waals surface area contributed by atoms with E-state index in [2.05, 4.69) is 46.1 Å².